The summed E-state index contributed by atoms with van der Waals surface area (Å²) < 4.78 is 84.7. The Morgan fingerprint density at radius 2 is 1.50 bits per heavy atom. The summed E-state index contributed by atoms with van der Waals surface area (Å²) in [6.07, 6.45) is 0.469. The molecule has 0 spiro atoms. The number of ether oxygens (including phenoxy) is 1. The van der Waals surface area contributed by atoms with Crippen molar-refractivity contribution in [3.63, 3.8) is 0 Å². The summed E-state index contributed by atoms with van der Waals surface area (Å²) in [4.78, 5) is 11.1. The van der Waals surface area contributed by atoms with Crippen LogP contribution in [-0.2, 0) is 16.0 Å². The fourth-order valence-electron chi connectivity index (χ4n) is 2.88. The second-order valence-corrected chi connectivity index (χ2v) is 6.21. The van der Waals surface area contributed by atoms with Crippen LogP contribution in [-0.4, -0.2) is 13.1 Å². The van der Waals surface area contributed by atoms with E-state index in [1.54, 1.807) is 13.8 Å². The molecule has 8 heteroatoms. The van der Waals surface area contributed by atoms with Crippen molar-refractivity contribution in [3.8, 4) is 0 Å². The summed E-state index contributed by atoms with van der Waals surface area (Å²) in [5, 5.41) is 0. The predicted octanol–water partition coefficient (Wildman–Crippen LogP) is 4.22. The van der Waals surface area contributed by atoms with Crippen LogP contribution >= 0.6 is 0 Å². The van der Waals surface area contributed by atoms with Crippen LogP contribution in [0.2, 0.25) is 0 Å². The average molecular weight is 352 g/mol. The van der Waals surface area contributed by atoms with Gasteiger partial charge in [0.1, 0.15) is 0 Å². The molecule has 0 N–H and O–H groups in total. The Hall–Kier alpha value is -1.99. The molecule has 132 valence electrons. The van der Waals surface area contributed by atoms with E-state index in [9.17, 15) is 31.1 Å². The van der Waals surface area contributed by atoms with E-state index in [2.05, 4.69) is 4.74 Å². The van der Waals surface area contributed by atoms with Gasteiger partial charge < -0.3 is 4.74 Å². The highest BCUT2D eigenvalue weighted by atomic mass is 19.2. The van der Waals surface area contributed by atoms with Crippen LogP contribution in [0.1, 0.15) is 19.4 Å². The summed E-state index contributed by atoms with van der Waals surface area (Å²) in [6, 6.07) is 0. The van der Waals surface area contributed by atoms with Gasteiger partial charge >= 0.3 is 5.97 Å². The molecule has 1 aliphatic rings. The first-order valence-corrected chi connectivity index (χ1v) is 6.99. The van der Waals surface area contributed by atoms with Crippen molar-refractivity contribution in [1.82, 2.24) is 0 Å². The first-order valence-electron chi connectivity index (χ1n) is 6.99. The number of hydrogen-bond acceptors (Lipinski definition) is 2. The molecule has 2 rings (SSSR count). The van der Waals surface area contributed by atoms with E-state index in [1.807, 2.05) is 0 Å². The minimum Gasteiger partial charge on any atom is -0.464 e. The number of carbonyl (C=O) groups excluding carboxylic acids is 1. The van der Waals surface area contributed by atoms with Gasteiger partial charge in [-0.1, -0.05) is 13.8 Å². The summed E-state index contributed by atoms with van der Waals surface area (Å²) in [6.45, 7) is 3.27. The van der Waals surface area contributed by atoms with Gasteiger partial charge in [-0.05, 0) is 29.7 Å². The molecule has 2 nitrogen and oxygen atoms in total. The summed E-state index contributed by atoms with van der Waals surface area (Å²) in [5.41, 5.74) is -1.62. The van der Waals surface area contributed by atoms with Gasteiger partial charge in [0.2, 0.25) is 11.6 Å². The van der Waals surface area contributed by atoms with Crippen LogP contribution in [0.25, 0.3) is 0 Å². The van der Waals surface area contributed by atoms with Crippen LogP contribution in [0, 0.1) is 46.3 Å². The number of methoxy groups -OCH3 is 1. The van der Waals surface area contributed by atoms with Crippen molar-refractivity contribution in [3.05, 3.63) is 46.6 Å². The molecule has 0 aliphatic heterocycles. The summed E-state index contributed by atoms with van der Waals surface area (Å²) >= 11 is 0. The minimum atomic E-state index is -2.23. The van der Waals surface area contributed by atoms with Crippen molar-refractivity contribution in [2.24, 2.45) is 17.3 Å². The highest BCUT2D eigenvalue weighted by Crippen LogP contribution is 2.61. The lowest BCUT2D eigenvalue weighted by Crippen LogP contribution is -2.09. The standard InChI is InChI=1S/C16H14F6O2/c1-16(2)7(8(16)5-9(17)15(23)24-3)4-6-10(18)12(20)14(22)13(21)11(6)19/h5,7-8H,4H2,1-3H3/t7-,8+/m0/s1. The molecule has 0 radical (unpaired) electrons. The fraction of sp³-hybridized carbons (Fsp3) is 0.438. The molecule has 0 heterocycles. The maximum atomic E-state index is 13.7. The maximum Gasteiger partial charge on any atom is 0.366 e. The molecule has 0 unspecified atom stereocenters. The molecule has 1 aromatic rings. The van der Waals surface area contributed by atoms with Gasteiger partial charge in [-0.25, -0.2) is 26.7 Å². The third kappa shape index (κ3) is 2.89. The first-order chi connectivity index (χ1) is 11.0. The lowest BCUT2D eigenvalue weighted by molar-refractivity contribution is -0.137. The van der Waals surface area contributed by atoms with Gasteiger partial charge in [-0.15, -0.1) is 0 Å². The van der Waals surface area contributed by atoms with Crippen molar-refractivity contribution in [2.75, 3.05) is 7.11 Å². The quantitative estimate of drug-likeness (QED) is 0.267. The van der Waals surface area contributed by atoms with Gasteiger partial charge in [-0.2, -0.15) is 4.39 Å². The Labute approximate surface area is 134 Å². The molecule has 0 bridgehead atoms. The average Bonchev–Trinajstić information content (AvgIpc) is 3.05. The molecule has 0 saturated heterocycles. The van der Waals surface area contributed by atoms with E-state index < -0.39 is 70.1 Å². The molecule has 2 atom stereocenters. The third-order valence-electron chi connectivity index (χ3n) is 4.57. The number of hydrogen-bond donors (Lipinski definition) is 0. The maximum absolute atomic E-state index is 13.7. The lowest BCUT2D eigenvalue weighted by atomic mass is 10.0. The van der Waals surface area contributed by atoms with E-state index in [-0.39, 0.29) is 0 Å². The Bertz CT molecular complexity index is 697. The molecule has 1 saturated carbocycles. The van der Waals surface area contributed by atoms with E-state index in [0.717, 1.165) is 13.2 Å². The molecule has 0 aromatic heterocycles. The Morgan fingerprint density at radius 3 is 1.96 bits per heavy atom. The zero-order chi connectivity index (χ0) is 18.4. The number of esters is 1. The van der Waals surface area contributed by atoms with Crippen LogP contribution in [0.4, 0.5) is 26.3 Å². The molecule has 24 heavy (non-hydrogen) atoms. The van der Waals surface area contributed by atoms with Crippen molar-refractivity contribution in [1.29, 1.82) is 0 Å². The number of carbonyl (C=O) groups is 1. The second-order valence-electron chi connectivity index (χ2n) is 6.21. The van der Waals surface area contributed by atoms with Gasteiger partial charge in [0.15, 0.2) is 23.3 Å². The second kappa shape index (κ2) is 6.14. The molecule has 1 aromatic carbocycles. The number of benzene rings is 1. The van der Waals surface area contributed by atoms with E-state index in [0.29, 0.717) is 0 Å². The lowest BCUT2D eigenvalue weighted by Gasteiger charge is -2.08. The molecule has 0 amide bonds. The fourth-order valence-corrected chi connectivity index (χ4v) is 2.88. The zero-order valence-corrected chi connectivity index (χ0v) is 13.0. The number of rotatable bonds is 4. The smallest absolute Gasteiger partial charge is 0.366 e. The molecular weight excluding hydrogens is 338 g/mol. The SMILES string of the molecule is COC(=O)C(F)=C[C@@H]1[C@H](Cc2c(F)c(F)c(F)c(F)c2F)C1(C)C. The van der Waals surface area contributed by atoms with Crippen LogP contribution in [0.3, 0.4) is 0 Å². The predicted molar refractivity (Wildman–Crippen MR) is 71.9 cm³/mol. The highest BCUT2D eigenvalue weighted by molar-refractivity contribution is 5.85. The van der Waals surface area contributed by atoms with E-state index >= 15 is 0 Å². The number of halogens is 6. The highest BCUT2D eigenvalue weighted by Gasteiger charge is 2.57. The monoisotopic (exact) mass is 352 g/mol. The number of allylic oxidation sites excluding steroid dienone is 1. The third-order valence-corrected chi connectivity index (χ3v) is 4.57. The van der Waals surface area contributed by atoms with Gasteiger partial charge in [0, 0.05) is 5.56 Å². The Balaban J connectivity index is 2.32. The largest absolute Gasteiger partial charge is 0.464 e. The van der Waals surface area contributed by atoms with Crippen molar-refractivity contribution < 1.29 is 35.9 Å². The Kier molecular flexibility index (Phi) is 4.70. The van der Waals surface area contributed by atoms with E-state index in [4.69, 9.17) is 0 Å². The normalized spacial score (nSPS) is 22.5. The van der Waals surface area contributed by atoms with Crippen molar-refractivity contribution >= 4 is 5.97 Å². The molecule has 1 fully saturated rings. The topological polar surface area (TPSA) is 26.3 Å². The van der Waals surface area contributed by atoms with Crippen LogP contribution < -0.4 is 0 Å². The van der Waals surface area contributed by atoms with Crippen LogP contribution in [0.15, 0.2) is 11.9 Å². The Morgan fingerprint density at radius 1 is 1.04 bits per heavy atom. The molecular formula is C16H14F6O2. The van der Waals surface area contributed by atoms with Gasteiger partial charge in [0.25, 0.3) is 0 Å². The molecule has 1 aliphatic carbocycles. The zero-order valence-electron chi connectivity index (χ0n) is 13.0. The van der Waals surface area contributed by atoms with Crippen LogP contribution in [0.5, 0.6) is 0 Å². The van der Waals surface area contributed by atoms with Crippen molar-refractivity contribution in [2.45, 2.75) is 20.3 Å². The van der Waals surface area contributed by atoms with E-state index in [1.165, 1.54) is 0 Å². The summed E-state index contributed by atoms with van der Waals surface area (Å²) in [7, 11) is 0.986. The minimum absolute atomic E-state index is 0.478. The first kappa shape index (κ1) is 18.4. The van der Waals surface area contributed by atoms with Gasteiger partial charge in [0.05, 0.1) is 7.11 Å². The van der Waals surface area contributed by atoms with Gasteiger partial charge in [-0.3, -0.25) is 0 Å². The summed E-state index contributed by atoms with van der Waals surface area (Å²) in [5.74, 6) is -13.6.